The molecule has 0 spiro atoms. The Morgan fingerprint density at radius 1 is 1.24 bits per heavy atom. The van der Waals surface area contributed by atoms with E-state index < -0.39 is 0 Å². The van der Waals surface area contributed by atoms with Gasteiger partial charge in [0.15, 0.2) is 5.78 Å². The molecule has 0 bridgehead atoms. The van der Waals surface area contributed by atoms with Crippen LogP contribution in [-0.4, -0.2) is 41.5 Å². The molecule has 1 aliphatic heterocycles. The summed E-state index contributed by atoms with van der Waals surface area (Å²) in [6, 6.07) is 5.76. The van der Waals surface area contributed by atoms with Crippen LogP contribution >= 0.6 is 0 Å². The monoisotopic (exact) mass is 291 g/mol. The molecule has 2 aliphatic rings. The van der Waals surface area contributed by atoms with Crippen molar-refractivity contribution in [3.63, 3.8) is 0 Å². The minimum atomic E-state index is -0.311. The summed E-state index contributed by atoms with van der Waals surface area (Å²) in [5.74, 6) is 0.855. The first-order valence-corrected chi connectivity index (χ1v) is 7.82. The van der Waals surface area contributed by atoms with Crippen LogP contribution in [0.3, 0.4) is 0 Å². The van der Waals surface area contributed by atoms with Crippen molar-refractivity contribution in [1.29, 1.82) is 0 Å². The number of hydrogen-bond acceptors (Lipinski definition) is 3. The molecule has 1 N–H and O–H groups in total. The minimum absolute atomic E-state index is 0.0782. The molecular formula is C17H22FNO2. The lowest BCUT2D eigenvalue weighted by atomic mass is 10.00. The topological polar surface area (TPSA) is 40.5 Å². The number of benzene rings is 1. The first kappa shape index (κ1) is 14.7. The Kier molecular flexibility index (Phi) is 4.36. The third-order valence-corrected chi connectivity index (χ3v) is 4.94. The molecule has 0 amide bonds. The number of rotatable bonds is 5. The molecule has 0 aromatic heterocycles. The quantitative estimate of drug-likeness (QED) is 0.847. The first-order valence-electron chi connectivity index (χ1n) is 7.82. The largest absolute Gasteiger partial charge is 0.393 e. The van der Waals surface area contributed by atoms with Crippen molar-refractivity contribution in [2.24, 2.45) is 11.8 Å². The molecule has 1 saturated heterocycles. The van der Waals surface area contributed by atoms with Gasteiger partial charge in [-0.2, -0.15) is 0 Å². The van der Waals surface area contributed by atoms with Crippen molar-refractivity contribution in [3.05, 3.63) is 35.6 Å². The molecule has 21 heavy (non-hydrogen) atoms. The van der Waals surface area contributed by atoms with Gasteiger partial charge in [0, 0.05) is 31.0 Å². The molecule has 2 fully saturated rings. The summed E-state index contributed by atoms with van der Waals surface area (Å²) >= 11 is 0. The summed E-state index contributed by atoms with van der Waals surface area (Å²) in [6.45, 7) is 2.94. The lowest BCUT2D eigenvalue weighted by molar-refractivity contribution is 0.0972. The van der Waals surface area contributed by atoms with Gasteiger partial charge < -0.3 is 10.0 Å². The average molecular weight is 291 g/mol. The number of carbonyl (C=O) groups is 1. The second-order valence-electron chi connectivity index (χ2n) is 6.36. The van der Waals surface area contributed by atoms with Gasteiger partial charge in [0.2, 0.25) is 0 Å². The molecular weight excluding hydrogens is 269 g/mol. The molecule has 0 radical (unpaired) electrons. The third-order valence-electron chi connectivity index (χ3n) is 4.94. The molecule has 1 aromatic rings. The third kappa shape index (κ3) is 3.33. The van der Waals surface area contributed by atoms with Crippen molar-refractivity contribution in [2.45, 2.75) is 31.8 Å². The molecule has 1 saturated carbocycles. The summed E-state index contributed by atoms with van der Waals surface area (Å²) in [7, 11) is 0. The van der Waals surface area contributed by atoms with E-state index in [0.29, 0.717) is 23.8 Å². The van der Waals surface area contributed by atoms with Gasteiger partial charge in [-0.25, -0.2) is 4.39 Å². The highest BCUT2D eigenvalue weighted by atomic mass is 19.1. The van der Waals surface area contributed by atoms with Gasteiger partial charge in [-0.1, -0.05) is 0 Å². The highest BCUT2D eigenvalue weighted by Gasteiger charge is 2.41. The molecule has 1 heterocycles. The van der Waals surface area contributed by atoms with E-state index >= 15 is 0 Å². The number of nitrogens with zero attached hydrogens (tertiary/aromatic N) is 1. The van der Waals surface area contributed by atoms with E-state index in [0.717, 1.165) is 38.9 Å². The number of aliphatic hydroxyl groups excluding tert-OH is 1. The van der Waals surface area contributed by atoms with Gasteiger partial charge in [-0.3, -0.25) is 4.79 Å². The molecule has 3 nitrogen and oxygen atoms in total. The zero-order chi connectivity index (χ0) is 14.8. The van der Waals surface area contributed by atoms with Crippen LogP contribution in [0.15, 0.2) is 24.3 Å². The highest BCUT2D eigenvalue weighted by molar-refractivity contribution is 5.95. The van der Waals surface area contributed by atoms with Crippen LogP contribution in [0.5, 0.6) is 0 Å². The Hall–Kier alpha value is -1.26. The van der Waals surface area contributed by atoms with Crippen LogP contribution in [0.4, 0.5) is 4.39 Å². The molecule has 4 heteroatoms. The lowest BCUT2D eigenvalue weighted by Crippen LogP contribution is -2.26. The van der Waals surface area contributed by atoms with Crippen molar-refractivity contribution in [2.75, 3.05) is 19.6 Å². The average Bonchev–Trinajstić information content (AvgIpc) is 3.02. The van der Waals surface area contributed by atoms with E-state index in [1.165, 1.54) is 12.1 Å². The van der Waals surface area contributed by atoms with E-state index in [1.807, 2.05) is 0 Å². The van der Waals surface area contributed by atoms with Crippen molar-refractivity contribution < 1.29 is 14.3 Å². The number of likely N-dealkylation sites (tertiary alicyclic amines) is 1. The fraction of sp³-hybridized carbons (Fsp3) is 0.588. The first-order chi connectivity index (χ1) is 10.1. The number of fused-ring (bicyclic) bond motifs is 1. The zero-order valence-corrected chi connectivity index (χ0v) is 12.2. The minimum Gasteiger partial charge on any atom is -0.393 e. The van der Waals surface area contributed by atoms with E-state index in [4.69, 9.17) is 0 Å². The molecule has 3 atom stereocenters. The van der Waals surface area contributed by atoms with Gasteiger partial charge in [-0.05, 0) is 56.0 Å². The number of ketones is 1. The fourth-order valence-electron chi connectivity index (χ4n) is 3.75. The zero-order valence-electron chi connectivity index (χ0n) is 12.2. The maximum atomic E-state index is 12.8. The number of carbonyl (C=O) groups excluding carboxylic acids is 1. The van der Waals surface area contributed by atoms with Crippen molar-refractivity contribution in [1.82, 2.24) is 4.90 Å². The Morgan fingerprint density at radius 3 is 2.71 bits per heavy atom. The molecule has 1 aliphatic carbocycles. The SMILES string of the molecule is O=C(CCCN1CC2CCC(O)C2C1)c1ccc(F)cc1. The molecule has 1 aromatic carbocycles. The predicted octanol–water partition coefficient (Wildman–Crippen LogP) is 2.49. The smallest absolute Gasteiger partial charge is 0.162 e. The van der Waals surface area contributed by atoms with E-state index in [9.17, 15) is 14.3 Å². The van der Waals surface area contributed by atoms with Crippen LogP contribution < -0.4 is 0 Å². The van der Waals surface area contributed by atoms with Crippen LogP contribution in [-0.2, 0) is 0 Å². The second-order valence-corrected chi connectivity index (χ2v) is 6.36. The normalized spacial score (nSPS) is 28.8. The Balaban J connectivity index is 1.42. The lowest BCUT2D eigenvalue weighted by Gasteiger charge is -2.17. The van der Waals surface area contributed by atoms with Gasteiger partial charge in [0.05, 0.1) is 6.10 Å². The maximum absolute atomic E-state index is 12.8. The molecule has 114 valence electrons. The number of hydrogen-bond donors (Lipinski definition) is 1. The van der Waals surface area contributed by atoms with Crippen LogP contribution in [0.2, 0.25) is 0 Å². The van der Waals surface area contributed by atoms with Gasteiger partial charge in [-0.15, -0.1) is 0 Å². The molecule has 3 unspecified atom stereocenters. The second kappa shape index (κ2) is 6.24. The van der Waals surface area contributed by atoms with Gasteiger partial charge >= 0.3 is 0 Å². The summed E-state index contributed by atoms with van der Waals surface area (Å²) < 4.78 is 12.8. The van der Waals surface area contributed by atoms with Gasteiger partial charge in [0.25, 0.3) is 0 Å². The summed E-state index contributed by atoms with van der Waals surface area (Å²) in [6.07, 6.45) is 3.29. The van der Waals surface area contributed by atoms with Crippen LogP contribution in [0.25, 0.3) is 0 Å². The summed E-state index contributed by atoms with van der Waals surface area (Å²) in [5, 5.41) is 9.89. The summed E-state index contributed by atoms with van der Waals surface area (Å²) in [5.41, 5.74) is 0.588. The van der Waals surface area contributed by atoms with Crippen LogP contribution in [0.1, 0.15) is 36.0 Å². The number of Topliss-reactive ketones (excluding diaryl/α,β-unsaturated/α-hetero) is 1. The van der Waals surface area contributed by atoms with Crippen LogP contribution in [0, 0.1) is 17.7 Å². The van der Waals surface area contributed by atoms with E-state index in [1.54, 1.807) is 12.1 Å². The summed E-state index contributed by atoms with van der Waals surface area (Å²) in [4.78, 5) is 14.4. The Bertz CT molecular complexity index is 502. The Labute approximate surface area is 124 Å². The maximum Gasteiger partial charge on any atom is 0.162 e. The van der Waals surface area contributed by atoms with Crippen molar-refractivity contribution in [3.8, 4) is 0 Å². The van der Waals surface area contributed by atoms with E-state index in [2.05, 4.69) is 4.90 Å². The number of aliphatic hydroxyl groups is 1. The highest BCUT2D eigenvalue weighted by Crippen LogP contribution is 2.38. The predicted molar refractivity (Wildman–Crippen MR) is 78.6 cm³/mol. The molecule has 3 rings (SSSR count). The standard InChI is InChI=1S/C17H22FNO2/c18-14-6-3-12(4-7-14)16(20)2-1-9-19-10-13-5-8-17(21)15(13)11-19/h3-4,6-7,13,15,17,21H,1-2,5,8-11H2. The van der Waals surface area contributed by atoms with E-state index in [-0.39, 0.29) is 17.7 Å². The number of halogens is 1. The fourth-order valence-corrected chi connectivity index (χ4v) is 3.75. The Morgan fingerprint density at radius 2 is 2.00 bits per heavy atom. The van der Waals surface area contributed by atoms with Crippen molar-refractivity contribution >= 4 is 5.78 Å². The van der Waals surface area contributed by atoms with Gasteiger partial charge in [0.1, 0.15) is 5.82 Å².